The summed E-state index contributed by atoms with van der Waals surface area (Å²) in [5, 5.41) is 3.92. The fraction of sp³-hybridized carbons (Fsp3) is 0.368. The predicted molar refractivity (Wildman–Crippen MR) is 102 cm³/mol. The molecule has 4 heterocycles. The van der Waals surface area contributed by atoms with Gasteiger partial charge in [-0.1, -0.05) is 0 Å². The summed E-state index contributed by atoms with van der Waals surface area (Å²) < 4.78 is 43.8. The molecule has 0 aliphatic carbocycles. The number of alkyl halides is 3. The Morgan fingerprint density at radius 2 is 1.79 bits per heavy atom. The molecule has 0 spiro atoms. The molecule has 3 aromatic heterocycles. The molecule has 0 bridgehead atoms. The van der Waals surface area contributed by atoms with E-state index in [-0.39, 0.29) is 11.6 Å². The lowest BCUT2D eigenvalue weighted by atomic mass is 10.0. The van der Waals surface area contributed by atoms with Crippen molar-refractivity contribution < 1.29 is 17.9 Å². The first-order valence-electron chi connectivity index (χ1n) is 9.15. The van der Waals surface area contributed by atoms with Crippen LogP contribution in [0.15, 0.2) is 36.7 Å². The summed E-state index contributed by atoms with van der Waals surface area (Å²) in [7, 11) is 1.56. The molecule has 1 fully saturated rings. The quantitative estimate of drug-likeness (QED) is 0.713. The van der Waals surface area contributed by atoms with E-state index in [0.717, 1.165) is 32.0 Å². The smallest absolute Gasteiger partial charge is 0.433 e. The lowest BCUT2D eigenvalue weighted by Crippen LogP contribution is -2.40. The van der Waals surface area contributed by atoms with Crippen LogP contribution in [0, 0.1) is 0 Å². The monoisotopic (exact) mass is 404 g/mol. The molecule has 1 aliphatic rings. The molecule has 0 aromatic carbocycles. The highest BCUT2D eigenvalue weighted by atomic mass is 19.4. The van der Waals surface area contributed by atoms with Crippen molar-refractivity contribution in [2.75, 3.05) is 30.4 Å². The van der Waals surface area contributed by atoms with Crippen molar-refractivity contribution in [2.24, 2.45) is 0 Å². The first kappa shape index (κ1) is 19.2. The van der Waals surface area contributed by atoms with Gasteiger partial charge < -0.3 is 15.0 Å². The molecular weight excluding hydrogens is 385 g/mol. The Morgan fingerprint density at radius 1 is 1.03 bits per heavy atom. The Kier molecular flexibility index (Phi) is 5.08. The first-order chi connectivity index (χ1) is 13.9. The summed E-state index contributed by atoms with van der Waals surface area (Å²) in [6.45, 7) is 1.48. The largest absolute Gasteiger partial charge is 0.481 e. The van der Waals surface area contributed by atoms with E-state index in [2.05, 4.69) is 30.2 Å². The second kappa shape index (κ2) is 7.69. The molecule has 4 rings (SSSR count). The topological polar surface area (TPSA) is 76.1 Å². The highest BCUT2D eigenvalue weighted by Crippen LogP contribution is 2.31. The Hall–Kier alpha value is -3.17. The summed E-state index contributed by atoms with van der Waals surface area (Å²) in [6.07, 6.45) is 0.282. The standard InChI is InChI=1S/C19H19F3N6O/c1-29-16-5-9-24-18(27-16)28-10-6-12(7-11-28)25-17-13-2-3-15(19(20,21)22)26-14(13)4-8-23-17/h2-5,8-9,12H,6-7,10-11H2,1H3,(H,23,25). The Bertz CT molecular complexity index is 1000. The molecule has 7 nitrogen and oxygen atoms in total. The van der Waals surface area contributed by atoms with Crippen LogP contribution in [0.5, 0.6) is 5.88 Å². The van der Waals surface area contributed by atoms with E-state index >= 15 is 0 Å². The highest BCUT2D eigenvalue weighted by Gasteiger charge is 2.32. The van der Waals surface area contributed by atoms with Crippen molar-refractivity contribution in [3.63, 3.8) is 0 Å². The number of methoxy groups -OCH3 is 1. The number of rotatable bonds is 4. The van der Waals surface area contributed by atoms with E-state index in [1.165, 1.54) is 18.3 Å². The third-order valence-corrected chi connectivity index (χ3v) is 4.85. The van der Waals surface area contributed by atoms with Crippen LogP contribution in [-0.2, 0) is 6.18 Å². The average Bonchev–Trinajstić information content (AvgIpc) is 2.73. The number of hydrogen-bond donors (Lipinski definition) is 1. The van der Waals surface area contributed by atoms with Gasteiger partial charge in [-0.2, -0.15) is 18.2 Å². The van der Waals surface area contributed by atoms with Crippen molar-refractivity contribution >= 4 is 22.7 Å². The molecule has 152 valence electrons. The van der Waals surface area contributed by atoms with Crippen molar-refractivity contribution in [3.05, 3.63) is 42.4 Å². The van der Waals surface area contributed by atoms with Gasteiger partial charge in [0.1, 0.15) is 11.5 Å². The second-order valence-corrected chi connectivity index (χ2v) is 6.73. The third-order valence-electron chi connectivity index (χ3n) is 4.85. The number of aromatic nitrogens is 4. The zero-order valence-corrected chi connectivity index (χ0v) is 15.6. The maximum Gasteiger partial charge on any atom is 0.433 e. The molecule has 0 atom stereocenters. The predicted octanol–water partition coefficient (Wildman–Crippen LogP) is 3.53. The molecule has 0 radical (unpaired) electrons. The zero-order chi connectivity index (χ0) is 20.4. The van der Waals surface area contributed by atoms with Crippen LogP contribution >= 0.6 is 0 Å². The average molecular weight is 404 g/mol. The SMILES string of the molecule is COc1ccnc(N2CCC(Nc3nccc4nc(C(F)(F)F)ccc34)CC2)n1. The Balaban J connectivity index is 1.46. The van der Waals surface area contributed by atoms with Crippen molar-refractivity contribution in [1.29, 1.82) is 0 Å². The fourth-order valence-corrected chi connectivity index (χ4v) is 3.34. The van der Waals surface area contributed by atoms with E-state index < -0.39 is 11.9 Å². The van der Waals surface area contributed by atoms with Crippen LogP contribution in [0.2, 0.25) is 0 Å². The van der Waals surface area contributed by atoms with Crippen LogP contribution in [0.3, 0.4) is 0 Å². The van der Waals surface area contributed by atoms with Crippen LogP contribution in [0.1, 0.15) is 18.5 Å². The summed E-state index contributed by atoms with van der Waals surface area (Å²) in [6, 6.07) is 5.72. The molecule has 3 aromatic rings. The molecule has 0 saturated carbocycles. The van der Waals surface area contributed by atoms with Gasteiger partial charge in [-0.3, -0.25) is 0 Å². The van der Waals surface area contributed by atoms with Crippen LogP contribution in [-0.4, -0.2) is 46.2 Å². The van der Waals surface area contributed by atoms with Crippen LogP contribution in [0.4, 0.5) is 24.9 Å². The van der Waals surface area contributed by atoms with E-state index in [1.54, 1.807) is 19.4 Å². The Morgan fingerprint density at radius 3 is 2.52 bits per heavy atom. The minimum Gasteiger partial charge on any atom is -0.481 e. The van der Waals surface area contributed by atoms with Crippen molar-refractivity contribution in [1.82, 2.24) is 19.9 Å². The zero-order valence-electron chi connectivity index (χ0n) is 15.6. The number of ether oxygens (including phenoxy) is 1. The van der Waals surface area contributed by atoms with Gasteiger partial charge >= 0.3 is 6.18 Å². The number of nitrogens with zero attached hydrogens (tertiary/aromatic N) is 5. The summed E-state index contributed by atoms with van der Waals surface area (Å²) in [4.78, 5) is 18.8. The normalized spacial score (nSPS) is 15.5. The number of halogens is 3. The first-order valence-corrected chi connectivity index (χ1v) is 9.15. The molecule has 1 saturated heterocycles. The molecule has 1 aliphatic heterocycles. The summed E-state index contributed by atoms with van der Waals surface area (Å²) >= 11 is 0. The van der Waals surface area contributed by atoms with E-state index in [0.29, 0.717) is 23.0 Å². The van der Waals surface area contributed by atoms with E-state index in [4.69, 9.17) is 4.74 Å². The number of anilines is 2. The van der Waals surface area contributed by atoms with Gasteiger partial charge in [0.15, 0.2) is 0 Å². The highest BCUT2D eigenvalue weighted by molar-refractivity contribution is 5.89. The molecule has 10 heteroatoms. The van der Waals surface area contributed by atoms with Gasteiger partial charge in [-0.15, -0.1) is 0 Å². The van der Waals surface area contributed by atoms with Gasteiger partial charge in [0.05, 0.1) is 12.6 Å². The van der Waals surface area contributed by atoms with Gasteiger partial charge in [0.25, 0.3) is 0 Å². The molecule has 0 amide bonds. The Labute approximate surface area is 165 Å². The number of piperidine rings is 1. The lowest BCUT2D eigenvalue weighted by Gasteiger charge is -2.32. The number of hydrogen-bond acceptors (Lipinski definition) is 7. The maximum absolute atomic E-state index is 12.9. The van der Waals surface area contributed by atoms with Gasteiger partial charge in [-0.25, -0.2) is 15.0 Å². The lowest BCUT2D eigenvalue weighted by molar-refractivity contribution is -0.140. The third kappa shape index (κ3) is 4.15. The van der Waals surface area contributed by atoms with Crippen LogP contribution < -0.4 is 15.0 Å². The van der Waals surface area contributed by atoms with Gasteiger partial charge in [0, 0.05) is 43.0 Å². The van der Waals surface area contributed by atoms with Crippen molar-refractivity contribution in [3.8, 4) is 5.88 Å². The van der Waals surface area contributed by atoms with Crippen molar-refractivity contribution in [2.45, 2.75) is 25.1 Å². The number of fused-ring (bicyclic) bond motifs is 1. The molecular formula is C19H19F3N6O. The van der Waals surface area contributed by atoms with E-state index in [1.807, 2.05) is 0 Å². The minimum absolute atomic E-state index is 0.136. The summed E-state index contributed by atoms with van der Waals surface area (Å²) in [5.41, 5.74) is -0.645. The van der Waals surface area contributed by atoms with Gasteiger partial charge in [-0.05, 0) is 31.0 Å². The maximum atomic E-state index is 12.9. The molecule has 1 N–H and O–H groups in total. The second-order valence-electron chi connectivity index (χ2n) is 6.73. The molecule has 29 heavy (non-hydrogen) atoms. The number of pyridine rings is 2. The fourth-order valence-electron chi connectivity index (χ4n) is 3.34. The van der Waals surface area contributed by atoms with Gasteiger partial charge in [0.2, 0.25) is 11.8 Å². The molecule has 0 unspecified atom stereocenters. The van der Waals surface area contributed by atoms with E-state index in [9.17, 15) is 13.2 Å². The summed E-state index contributed by atoms with van der Waals surface area (Å²) in [5.74, 6) is 1.68. The minimum atomic E-state index is -4.47. The number of nitrogens with one attached hydrogen (secondary N) is 1. The van der Waals surface area contributed by atoms with Crippen LogP contribution in [0.25, 0.3) is 10.9 Å².